The van der Waals surface area contributed by atoms with E-state index in [1.54, 1.807) is 30.3 Å². The van der Waals surface area contributed by atoms with E-state index in [-0.39, 0.29) is 6.54 Å². The van der Waals surface area contributed by atoms with Gasteiger partial charge in [-0.05, 0) is 30.7 Å². The van der Waals surface area contributed by atoms with E-state index in [2.05, 4.69) is 22.1 Å². The number of sulfonamides is 1. The Morgan fingerprint density at radius 1 is 1.36 bits per heavy atom. The highest BCUT2D eigenvalue weighted by molar-refractivity contribution is 8.01. The number of hydrogen-bond donors (Lipinski definition) is 1. The summed E-state index contributed by atoms with van der Waals surface area (Å²) >= 11 is 2.67. The molecule has 0 fully saturated rings. The molecular formula is C17H22N4O4S3. The standard InChI is InChI=1S/C17H22N4O4S3/c1-4-10-25-14-8-6-13(7-9-14)21(28(3,23)24)12-15(22)18-16-19-20-17(27-16)26-11-5-2/h5-9H,2,4,10-12H2,1,3H3,(H,18,19,22). The van der Waals surface area contributed by atoms with Crippen molar-refractivity contribution in [2.24, 2.45) is 0 Å². The minimum atomic E-state index is -3.66. The molecule has 152 valence electrons. The van der Waals surface area contributed by atoms with E-state index in [0.29, 0.717) is 33.3 Å². The molecule has 1 N–H and O–H groups in total. The summed E-state index contributed by atoms with van der Waals surface area (Å²) in [5, 5.41) is 10.7. The van der Waals surface area contributed by atoms with Gasteiger partial charge in [-0.2, -0.15) is 0 Å². The van der Waals surface area contributed by atoms with Crippen LogP contribution in [-0.2, 0) is 14.8 Å². The normalized spacial score (nSPS) is 11.1. The predicted molar refractivity (Wildman–Crippen MR) is 114 cm³/mol. The number of carbonyl (C=O) groups is 1. The topological polar surface area (TPSA) is 101 Å². The molecule has 0 bridgehead atoms. The molecule has 11 heteroatoms. The number of nitrogens with one attached hydrogen (secondary N) is 1. The zero-order valence-corrected chi connectivity index (χ0v) is 18.1. The summed E-state index contributed by atoms with van der Waals surface area (Å²) in [5.41, 5.74) is 0.376. The van der Waals surface area contributed by atoms with Crippen LogP contribution in [0.1, 0.15) is 13.3 Å². The maximum absolute atomic E-state index is 12.3. The van der Waals surface area contributed by atoms with Gasteiger partial charge in [0.2, 0.25) is 21.1 Å². The SMILES string of the molecule is C=CCSc1nnc(NC(=O)CN(c2ccc(OCCC)cc2)S(C)(=O)=O)s1. The average molecular weight is 443 g/mol. The fraction of sp³-hybridized carbons (Fsp3) is 0.353. The first-order valence-corrected chi connectivity index (χ1v) is 12.1. The third-order valence-corrected chi connectivity index (χ3v) is 6.37. The number of hydrogen-bond acceptors (Lipinski definition) is 8. The molecule has 2 rings (SSSR count). The van der Waals surface area contributed by atoms with Crippen molar-refractivity contribution in [1.82, 2.24) is 10.2 Å². The lowest BCUT2D eigenvalue weighted by molar-refractivity contribution is -0.114. The Labute approximate surface area is 173 Å². The molecule has 0 atom stereocenters. The molecule has 0 unspecified atom stereocenters. The highest BCUT2D eigenvalue weighted by Gasteiger charge is 2.21. The van der Waals surface area contributed by atoms with Crippen molar-refractivity contribution in [1.29, 1.82) is 0 Å². The maximum atomic E-state index is 12.3. The van der Waals surface area contributed by atoms with Crippen molar-refractivity contribution >= 4 is 49.8 Å². The third-order valence-electron chi connectivity index (χ3n) is 3.26. The summed E-state index contributed by atoms with van der Waals surface area (Å²) in [5.74, 6) is 0.817. The van der Waals surface area contributed by atoms with Gasteiger partial charge in [-0.25, -0.2) is 8.42 Å². The Morgan fingerprint density at radius 2 is 2.07 bits per heavy atom. The van der Waals surface area contributed by atoms with Crippen molar-refractivity contribution in [2.45, 2.75) is 17.7 Å². The second kappa shape index (κ2) is 10.4. The van der Waals surface area contributed by atoms with Crippen molar-refractivity contribution in [3.8, 4) is 5.75 Å². The number of nitrogens with zero attached hydrogens (tertiary/aromatic N) is 3. The first-order chi connectivity index (χ1) is 13.3. The quantitative estimate of drug-likeness (QED) is 0.324. The summed E-state index contributed by atoms with van der Waals surface area (Å²) < 4.78 is 31.6. The van der Waals surface area contributed by atoms with Crippen LogP contribution >= 0.6 is 23.1 Å². The van der Waals surface area contributed by atoms with Crippen LogP contribution in [0.25, 0.3) is 0 Å². The Balaban J connectivity index is 2.06. The highest BCUT2D eigenvalue weighted by Crippen LogP contribution is 2.26. The molecule has 0 saturated heterocycles. The first-order valence-electron chi connectivity index (χ1n) is 8.41. The Bertz CT molecular complexity index is 897. The van der Waals surface area contributed by atoms with Crippen LogP contribution < -0.4 is 14.4 Å². The van der Waals surface area contributed by atoms with Gasteiger partial charge in [0.05, 0.1) is 18.6 Å². The minimum absolute atomic E-state index is 0.313. The van der Waals surface area contributed by atoms with Crippen LogP contribution in [0.3, 0.4) is 0 Å². The molecule has 0 aliphatic carbocycles. The molecule has 1 aromatic carbocycles. The summed E-state index contributed by atoms with van der Waals surface area (Å²) in [6.45, 7) is 5.83. The largest absolute Gasteiger partial charge is 0.494 e. The summed E-state index contributed by atoms with van der Waals surface area (Å²) in [6, 6.07) is 6.56. The summed E-state index contributed by atoms with van der Waals surface area (Å²) in [6.07, 6.45) is 3.67. The maximum Gasteiger partial charge on any atom is 0.246 e. The summed E-state index contributed by atoms with van der Waals surface area (Å²) in [4.78, 5) is 12.3. The van der Waals surface area contributed by atoms with Crippen molar-refractivity contribution in [3.05, 3.63) is 36.9 Å². The highest BCUT2D eigenvalue weighted by atomic mass is 32.2. The van der Waals surface area contributed by atoms with Crippen LogP contribution in [0.5, 0.6) is 5.75 Å². The van der Waals surface area contributed by atoms with Gasteiger partial charge in [-0.15, -0.1) is 16.8 Å². The van der Waals surface area contributed by atoms with Crippen LogP contribution in [-0.4, -0.2) is 49.7 Å². The second-order valence-corrected chi connectivity index (χ2v) is 9.78. The zero-order chi connectivity index (χ0) is 20.6. The number of anilines is 2. The molecular weight excluding hydrogens is 420 g/mol. The molecule has 0 aliphatic heterocycles. The Hall–Kier alpha value is -2.11. The second-order valence-electron chi connectivity index (χ2n) is 5.63. The fourth-order valence-corrected chi connectivity index (χ4v) is 4.45. The van der Waals surface area contributed by atoms with Gasteiger partial charge in [0.15, 0.2) is 4.34 Å². The summed E-state index contributed by atoms with van der Waals surface area (Å²) in [7, 11) is -3.66. The molecule has 8 nitrogen and oxygen atoms in total. The molecule has 1 amide bonds. The number of thioether (sulfide) groups is 1. The molecule has 0 aliphatic rings. The van der Waals surface area contributed by atoms with Gasteiger partial charge in [0.25, 0.3) is 0 Å². The lowest BCUT2D eigenvalue weighted by Gasteiger charge is -2.21. The number of carbonyl (C=O) groups excluding carboxylic acids is 1. The smallest absolute Gasteiger partial charge is 0.246 e. The van der Waals surface area contributed by atoms with Gasteiger partial charge in [-0.1, -0.05) is 36.1 Å². The van der Waals surface area contributed by atoms with Gasteiger partial charge < -0.3 is 4.74 Å². The van der Waals surface area contributed by atoms with Crippen LogP contribution in [0.15, 0.2) is 41.3 Å². The molecule has 1 aromatic heterocycles. The van der Waals surface area contributed by atoms with E-state index in [4.69, 9.17) is 4.74 Å². The van der Waals surface area contributed by atoms with E-state index in [1.165, 1.54) is 23.1 Å². The molecule has 2 aromatic rings. The minimum Gasteiger partial charge on any atom is -0.494 e. The molecule has 1 heterocycles. The van der Waals surface area contributed by atoms with Gasteiger partial charge in [0, 0.05) is 5.75 Å². The monoisotopic (exact) mass is 442 g/mol. The lowest BCUT2D eigenvalue weighted by atomic mass is 10.3. The van der Waals surface area contributed by atoms with Gasteiger partial charge in [-0.3, -0.25) is 14.4 Å². The van der Waals surface area contributed by atoms with E-state index in [9.17, 15) is 13.2 Å². The Kier molecular flexibility index (Phi) is 8.27. The van der Waals surface area contributed by atoms with Crippen LogP contribution in [0, 0.1) is 0 Å². The molecule has 28 heavy (non-hydrogen) atoms. The number of amides is 1. The predicted octanol–water partition coefficient (Wildman–Crippen LogP) is 3.01. The Morgan fingerprint density at radius 3 is 2.68 bits per heavy atom. The first kappa shape index (κ1) is 22.2. The molecule has 0 radical (unpaired) electrons. The lowest BCUT2D eigenvalue weighted by Crippen LogP contribution is -2.37. The third kappa shape index (κ3) is 6.80. The van der Waals surface area contributed by atoms with Crippen LogP contribution in [0.4, 0.5) is 10.8 Å². The number of benzene rings is 1. The molecule has 0 saturated carbocycles. The zero-order valence-electron chi connectivity index (χ0n) is 15.6. The fourth-order valence-electron chi connectivity index (χ4n) is 2.07. The van der Waals surface area contributed by atoms with Crippen molar-refractivity contribution in [2.75, 3.05) is 34.8 Å². The van der Waals surface area contributed by atoms with Crippen molar-refractivity contribution in [3.63, 3.8) is 0 Å². The number of ether oxygens (including phenoxy) is 1. The van der Waals surface area contributed by atoms with E-state index >= 15 is 0 Å². The van der Waals surface area contributed by atoms with Gasteiger partial charge >= 0.3 is 0 Å². The van der Waals surface area contributed by atoms with E-state index < -0.39 is 15.9 Å². The van der Waals surface area contributed by atoms with E-state index in [0.717, 1.165) is 17.0 Å². The van der Waals surface area contributed by atoms with Gasteiger partial charge in [0.1, 0.15) is 12.3 Å². The molecule has 0 spiro atoms. The average Bonchev–Trinajstić information content (AvgIpc) is 3.09. The van der Waals surface area contributed by atoms with Crippen molar-refractivity contribution < 1.29 is 17.9 Å². The van der Waals surface area contributed by atoms with E-state index in [1.807, 2.05) is 6.92 Å². The number of aromatic nitrogens is 2. The van der Waals surface area contributed by atoms with Crippen LogP contribution in [0.2, 0.25) is 0 Å². The number of rotatable bonds is 11.